The molecule has 2 aromatic rings. The smallest absolute Gasteiger partial charge is 0.162 e. The molecule has 0 N–H and O–H groups in total. The van der Waals surface area contributed by atoms with Crippen LogP contribution in [-0.2, 0) is 0 Å². The summed E-state index contributed by atoms with van der Waals surface area (Å²) in [5.41, 5.74) is 0.611. The molecular weight excluding hydrogens is 194 g/mol. The summed E-state index contributed by atoms with van der Waals surface area (Å²) in [5.74, 6) is 1.04. The highest BCUT2D eigenvalue weighted by atomic mass is 16.5. The molecule has 0 aliphatic rings. The van der Waals surface area contributed by atoms with Crippen molar-refractivity contribution < 1.29 is 14.6 Å². The van der Waals surface area contributed by atoms with Crippen molar-refractivity contribution in [2.24, 2.45) is 0 Å². The molecule has 0 bridgehead atoms. The van der Waals surface area contributed by atoms with E-state index in [2.05, 4.69) is 4.98 Å². The zero-order valence-corrected chi connectivity index (χ0v) is 8.48. The molecule has 0 unspecified atom stereocenters. The first-order valence-corrected chi connectivity index (χ1v) is 4.44. The first-order chi connectivity index (χ1) is 7.26. The van der Waals surface area contributed by atoms with Gasteiger partial charge in [0.05, 0.1) is 19.7 Å². The zero-order valence-electron chi connectivity index (χ0n) is 8.48. The first kappa shape index (κ1) is 9.58. The summed E-state index contributed by atoms with van der Waals surface area (Å²) in [6.45, 7) is 0. The largest absolute Gasteiger partial charge is 0.872 e. The maximum Gasteiger partial charge on any atom is 0.162 e. The predicted octanol–water partition coefficient (Wildman–Crippen LogP) is 1.33. The van der Waals surface area contributed by atoms with Gasteiger partial charge in [-0.25, -0.2) is 0 Å². The van der Waals surface area contributed by atoms with E-state index in [0.29, 0.717) is 22.4 Å². The fourth-order valence-corrected chi connectivity index (χ4v) is 1.45. The standard InChI is InChI=1S/C11H11NO3/c1-14-10-5-7-8(6-11(10)15-2)12-4-3-9(7)13/h3-6H,1-2H3,(H,12,13)/p-1. The summed E-state index contributed by atoms with van der Waals surface area (Å²) < 4.78 is 10.2. The van der Waals surface area contributed by atoms with Crippen LogP contribution in [0, 0.1) is 0 Å². The monoisotopic (exact) mass is 204 g/mol. The Bertz CT molecular complexity index is 496. The Morgan fingerprint density at radius 3 is 2.47 bits per heavy atom. The van der Waals surface area contributed by atoms with E-state index in [1.807, 2.05) is 0 Å². The van der Waals surface area contributed by atoms with Crippen LogP contribution >= 0.6 is 0 Å². The van der Waals surface area contributed by atoms with Crippen LogP contribution in [0.5, 0.6) is 17.2 Å². The number of nitrogens with zero attached hydrogens (tertiary/aromatic N) is 1. The molecule has 0 atom stereocenters. The molecule has 0 fully saturated rings. The van der Waals surface area contributed by atoms with Crippen molar-refractivity contribution in [1.29, 1.82) is 0 Å². The highest BCUT2D eigenvalue weighted by molar-refractivity contribution is 5.87. The molecule has 0 radical (unpaired) electrons. The number of pyridine rings is 1. The fourth-order valence-electron chi connectivity index (χ4n) is 1.45. The van der Waals surface area contributed by atoms with Crippen molar-refractivity contribution in [3.63, 3.8) is 0 Å². The molecule has 4 nitrogen and oxygen atoms in total. The van der Waals surface area contributed by atoms with Crippen LogP contribution in [0.15, 0.2) is 24.4 Å². The molecule has 4 heteroatoms. The van der Waals surface area contributed by atoms with Crippen LogP contribution in [0.1, 0.15) is 0 Å². The molecule has 0 aliphatic carbocycles. The van der Waals surface area contributed by atoms with Crippen LogP contribution in [-0.4, -0.2) is 19.2 Å². The minimum absolute atomic E-state index is 0.0686. The molecule has 0 spiro atoms. The van der Waals surface area contributed by atoms with Gasteiger partial charge in [-0.05, 0) is 11.5 Å². The van der Waals surface area contributed by atoms with Crippen LogP contribution in [0.2, 0.25) is 0 Å². The van der Waals surface area contributed by atoms with Gasteiger partial charge >= 0.3 is 0 Å². The average molecular weight is 204 g/mol. The summed E-state index contributed by atoms with van der Waals surface area (Å²) in [4.78, 5) is 4.09. The van der Waals surface area contributed by atoms with Crippen molar-refractivity contribution in [3.05, 3.63) is 24.4 Å². The van der Waals surface area contributed by atoms with Gasteiger partial charge in [0.15, 0.2) is 11.5 Å². The van der Waals surface area contributed by atoms with Crippen molar-refractivity contribution in [2.45, 2.75) is 0 Å². The van der Waals surface area contributed by atoms with Gasteiger partial charge in [-0.3, -0.25) is 4.98 Å². The van der Waals surface area contributed by atoms with E-state index < -0.39 is 0 Å². The molecule has 0 saturated carbocycles. The van der Waals surface area contributed by atoms with E-state index in [0.717, 1.165) is 0 Å². The Hall–Kier alpha value is -1.97. The van der Waals surface area contributed by atoms with Crippen molar-refractivity contribution in [3.8, 4) is 17.2 Å². The Morgan fingerprint density at radius 1 is 1.13 bits per heavy atom. The molecular formula is C11H10NO3-. The lowest BCUT2D eigenvalue weighted by Gasteiger charge is -2.13. The molecule has 0 amide bonds. The minimum Gasteiger partial charge on any atom is -0.872 e. The van der Waals surface area contributed by atoms with Gasteiger partial charge in [0.1, 0.15) is 0 Å². The molecule has 78 valence electrons. The quantitative estimate of drug-likeness (QED) is 0.740. The topological polar surface area (TPSA) is 54.4 Å². The summed E-state index contributed by atoms with van der Waals surface area (Å²) in [5, 5.41) is 12.0. The van der Waals surface area contributed by atoms with E-state index in [-0.39, 0.29) is 5.75 Å². The predicted molar refractivity (Wildman–Crippen MR) is 54.3 cm³/mol. The molecule has 0 aliphatic heterocycles. The maximum absolute atomic E-state index is 11.5. The van der Waals surface area contributed by atoms with Gasteiger partial charge in [0.2, 0.25) is 0 Å². The van der Waals surface area contributed by atoms with Gasteiger partial charge in [0.25, 0.3) is 0 Å². The third-order valence-corrected chi connectivity index (χ3v) is 2.21. The number of aromatic nitrogens is 1. The fraction of sp³-hybridized carbons (Fsp3) is 0.182. The number of rotatable bonds is 2. The molecule has 2 rings (SSSR count). The maximum atomic E-state index is 11.5. The van der Waals surface area contributed by atoms with Gasteiger partial charge in [-0.2, -0.15) is 0 Å². The zero-order chi connectivity index (χ0) is 10.8. The Kier molecular flexibility index (Phi) is 2.33. The average Bonchev–Trinajstić information content (AvgIpc) is 2.28. The van der Waals surface area contributed by atoms with Crippen LogP contribution in [0.4, 0.5) is 0 Å². The normalized spacial score (nSPS) is 10.3. The van der Waals surface area contributed by atoms with E-state index in [1.54, 1.807) is 19.2 Å². The van der Waals surface area contributed by atoms with E-state index in [1.165, 1.54) is 19.4 Å². The summed E-state index contributed by atoms with van der Waals surface area (Å²) in [6.07, 6.45) is 1.48. The lowest BCUT2D eigenvalue weighted by molar-refractivity contribution is -0.265. The molecule has 1 aromatic carbocycles. The second-order valence-electron chi connectivity index (χ2n) is 3.03. The summed E-state index contributed by atoms with van der Waals surface area (Å²) in [7, 11) is 3.08. The summed E-state index contributed by atoms with van der Waals surface area (Å²) >= 11 is 0. The third kappa shape index (κ3) is 1.54. The van der Waals surface area contributed by atoms with Gasteiger partial charge in [-0.15, -0.1) is 0 Å². The second-order valence-corrected chi connectivity index (χ2v) is 3.03. The lowest BCUT2D eigenvalue weighted by Crippen LogP contribution is -1.95. The van der Waals surface area contributed by atoms with Crippen molar-refractivity contribution in [1.82, 2.24) is 4.98 Å². The first-order valence-electron chi connectivity index (χ1n) is 4.44. The Labute approximate surface area is 87.1 Å². The Morgan fingerprint density at radius 2 is 1.80 bits per heavy atom. The number of hydrogen-bond acceptors (Lipinski definition) is 4. The summed E-state index contributed by atoms with van der Waals surface area (Å²) in [6, 6.07) is 4.76. The van der Waals surface area contributed by atoms with Crippen LogP contribution < -0.4 is 14.6 Å². The van der Waals surface area contributed by atoms with E-state index >= 15 is 0 Å². The number of benzene rings is 1. The van der Waals surface area contributed by atoms with Crippen molar-refractivity contribution in [2.75, 3.05) is 14.2 Å². The molecule has 15 heavy (non-hydrogen) atoms. The number of ether oxygens (including phenoxy) is 2. The number of methoxy groups -OCH3 is 2. The number of fused-ring (bicyclic) bond motifs is 1. The molecule has 0 saturated heterocycles. The van der Waals surface area contributed by atoms with Gasteiger partial charge < -0.3 is 14.6 Å². The van der Waals surface area contributed by atoms with Crippen LogP contribution in [0.3, 0.4) is 0 Å². The van der Waals surface area contributed by atoms with Crippen LogP contribution in [0.25, 0.3) is 10.9 Å². The van der Waals surface area contributed by atoms with E-state index in [4.69, 9.17) is 9.47 Å². The minimum atomic E-state index is -0.0686. The molecule has 1 aromatic heterocycles. The van der Waals surface area contributed by atoms with Gasteiger partial charge in [0, 0.05) is 12.3 Å². The molecule has 1 heterocycles. The second kappa shape index (κ2) is 3.65. The number of hydrogen-bond donors (Lipinski definition) is 0. The van der Waals surface area contributed by atoms with E-state index in [9.17, 15) is 5.11 Å². The Balaban J connectivity index is 2.75. The highest BCUT2D eigenvalue weighted by Crippen LogP contribution is 2.33. The SMILES string of the molecule is COc1cc2nccc([O-])c2cc1OC. The lowest BCUT2D eigenvalue weighted by atomic mass is 10.2. The third-order valence-electron chi connectivity index (χ3n) is 2.21. The van der Waals surface area contributed by atoms with Crippen molar-refractivity contribution >= 4 is 10.9 Å². The van der Waals surface area contributed by atoms with Gasteiger partial charge in [-0.1, -0.05) is 11.8 Å². The highest BCUT2D eigenvalue weighted by Gasteiger charge is 2.06.